The van der Waals surface area contributed by atoms with Crippen molar-refractivity contribution in [3.8, 4) is 5.75 Å². The van der Waals surface area contributed by atoms with Crippen LogP contribution in [0.15, 0.2) is 18.2 Å². The van der Waals surface area contributed by atoms with Gasteiger partial charge >= 0.3 is 0 Å². The van der Waals surface area contributed by atoms with E-state index in [2.05, 4.69) is 10.6 Å². The summed E-state index contributed by atoms with van der Waals surface area (Å²) in [6.07, 6.45) is 3.91. The smallest absolute Gasteiger partial charge is 0.258 e. The van der Waals surface area contributed by atoms with E-state index < -0.39 is 0 Å². The Kier molecular flexibility index (Phi) is 6.73. The molecule has 0 radical (unpaired) electrons. The second-order valence-corrected chi connectivity index (χ2v) is 6.37. The Labute approximate surface area is 140 Å². The summed E-state index contributed by atoms with van der Waals surface area (Å²) in [7, 11) is 0. The molecule has 0 aliphatic carbocycles. The second kappa shape index (κ2) is 8.79. The lowest BCUT2D eigenvalue weighted by atomic mass is 10.0. The van der Waals surface area contributed by atoms with Crippen molar-refractivity contribution in [2.24, 2.45) is 0 Å². The number of nitrogens with one attached hydrogen (secondary N) is 2. The molecule has 0 bridgehead atoms. The molecule has 0 spiro atoms. The van der Waals surface area contributed by atoms with Crippen LogP contribution in [0.1, 0.15) is 18.4 Å². The van der Waals surface area contributed by atoms with Crippen molar-refractivity contribution in [1.82, 2.24) is 5.32 Å². The Balaban J connectivity index is 1.84. The third-order valence-electron chi connectivity index (χ3n) is 3.60. The minimum atomic E-state index is -0.271. The summed E-state index contributed by atoms with van der Waals surface area (Å²) < 4.78 is 5.47. The molecule has 1 aliphatic heterocycles. The highest BCUT2D eigenvalue weighted by Crippen LogP contribution is 2.27. The molecule has 3 N–H and O–H groups in total. The molecule has 1 aromatic carbocycles. The Bertz CT molecular complexity index is 565. The number of hydrogen-bond acceptors (Lipinski definition) is 5. The van der Waals surface area contributed by atoms with Crippen LogP contribution in [0.3, 0.4) is 0 Å². The molecule has 1 aromatic rings. The number of thioether (sulfide) groups is 1. The minimum absolute atomic E-state index is 0.00743. The van der Waals surface area contributed by atoms with E-state index in [9.17, 15) is 14.7 Å². The molecule has 1 aliphatic rings. The van der Waals surface area contributed by atoms with E-state index >= 15 is 0 Å². The van der Waals surface area contributed by atoms with Gasteiger partial charge in [0.1, 0.15) is 5.75 Å². The van der Waals surface area contributed by atoms with Gasteiger partial charge in [0.05, 0.1) is 12.6 Å². The first kappa shape index (κ1) is 17.6. The number of fused-ring (bicyclic) bond motifs is 1. The number of hydrogen-bond donors (Lipinski definition) is 3. The summed E-state index contributed by atoms with van der Waals surface area (Å²) in [6, 6.07) is 5.18. The first-order chi connectivity index (χ1) is 11.1. The van der Waals surface area contributed by atoms with Gasteiger partial charge in [-0.05, 0) is 36.5 Å². The Hall–Kier alpha value is -1.73. The van der Waals surface area contributed by atoms with E-state index in [0.29, 0.717) is 18.6 Å². The molecule has 0 unspecified atom stereocenters. The molecule has 0 saturated heterocycles. The molecule has 0 aromatic heterocycles. The van der Waals surface area contributed by atoms with Crippen LogP contribution in [-0.2, 0) is 16.0 Å². The number of anilines is 1. The molecule has 0 saturated carbocycles. The Morgan fingerprint density at radius 2 is 2.30 bits per heavy atom. The fourth-order valence-corrected chi connectivity index (χ4v) is 2.85. The van der Waals surface area contributed by atoms with Gasteiger partial charge in [-0.25, -0.2) is 0 Å². The van der Waals surface area contributed by atoms with Crippen molar-refractivity contribution in [2.75, 3.05) is 30.5 Å². The number of carbonyl (C=O) groups excluding carboxylic acids is 2. The van der Waals surface area contributed by atoms with E-state index in [1.165, 1.54) is 0 Å². The lowest BCUT2D eigenvalue weighted by molar-refractivity contribution is -0.124. The van der Waals surface area contributed by atoms with E-state index in [1.807, 2.05) is 12.3 Å². The molecule has 2 rings (SSSR count). The van der Waals surface area contributed by atoms with Crippen LogP contribution in [0.25, 0.3) is 0 Å². The SMILES string of the molecule is CSCC[C@H](CO)NC(=O)COc1ccc2c(c1)NC(=O)CC2. The molecular formula is C16H22N2O4S. The van der Waals surface area contributed by atoms with Gasteiger partial charge in [-0.3, -0.25) is 9.59 Å². The summed E-state index contributed by atoms with van der Waals surface area (Å²) in [6.45, 7) is -0.209. The average Bonchev–Trinajstić information content (AvgIpc) is 2.56. The van der Waals surface area contributed by atoms with Crippen molar-refractivity contribution in [2.45, 2.75) is 25.3 Å². The van der Waals surface area contributed by atoms with Gasteiger partial charge in [-0.2, -0.15) is 11.8 Å². The van der Waals surface area contributed by atoms with Gasteiger partial charge in [0.25, 0.3) is 5.91 Å². The van der Waals surface area contributed by atoms with Crippen LogP contribution >= 0.6 is 11.8 Å². The number of rotatable bonds is 8. The van der Waals surface area contributed by atoms with Gasteiger partial charge in [-0.15, -0.1) is 0 Å². The summed E-state index contributed by atoms with van der Waals surface area (Å²) in [5.41, 5.74) is 1.81. The van der Waals surface area contributed by atoms with Crippen LogP contribution < -0.4 is 15.4 Å². The highest BCUT2D eigenvalue weighted by Gasteiger charge is 2.16. The van der Waals surface area contributed by atoms with Gasteiger partial charge in [0, 0.05) is 18.2 Å². The zero-order chi connectivity index (χ0) is 16.7. The number of aliphatic hydroxyl groups excluding tert-OH is 1. The van der Waals surface area contributed by atoms with Crippen molar-refractivity contribution in [3.05, 3.63) is 23.8 Å². The number of ether oxygens (including phenoxy) is 1. The van der Waals surface area contributed by atoms with Crippen molar-refractivity contribution in [1.29, 1.82) is 0 Å². The number of amides is 2. The molecule has 1 heterocycles. The van der Waals surface area contributed by atoms with Crippen molar-refractivity contribution in [3.63, 3.8) is 0 Å². The molecule has 2 amide bonds. The molecule has 1 atom stereocenters. The maximum Gasteiger partial charge on any atom is 0.258 e. The Morgan fingerprint density at radius 3 is 3.04 bits per heavy atom. The largest absolute Gasteiger partial charge is 0.484 e. The average molecular weight is 338 g/mol. The fraction of sp³-hybridized carbons (Fsp3) is 0.500. The normalized spacial score (nSPS) is 14.6. The first-order valence-corrected chi connectivity index (χ1v) is 8.96. The van der Waals surface area contributed by atoms with Gasteiger partial charge in [-0.1, -0.05) is 6.07 Å². The quantitative estimate of drug-likeness (QED) is 0.662. The summed E-state index contributed by atoms with van der Waals surface area (Å²) in [5.74, 6) is 1.13. The molecule has 126 valence electrons. The molecule has 0 fully saturated rings. The predicted molar refractivity (Wildman–Crippen MR) is 90.9 cm³/mol. The highest BCUT2D eigenvalue weighted by atomic mass is 32.2. The molecule has 6 nitrogen and oxygen atoms in total. The van der Waals surface area contributed by atoms with Gasteiger partial charge in [0.2, 0.25) is 5.91 Å². The number of aliphatic hydroxyl groups is 1. The highest BCUT2D eigenvalue weighted by molar-refractivity contribution is 7.98. The summed E-state index contributed by atoms with van der Waals surface area (Å²) in [5, 5.41) is 14.8. The summed E-state index contributed by atoms with van der Waals surface area (Å²) in [4.78, 5) is 23.3. The zero-order valence-corrected chi connectivity index (χ0v) is 13.9. The van der Waals surface area contributed by atoms with Crippen molar-refractivity contribution < 1.29 is 19.4 Å². The zero-order valence-electron chi connectivity index (χ0n) is 13.1. The van der Waals surface area contributed by atoms with Crippen LogP contribution in [0.2, 0.25) is 0 Å². The van der Waals surface area contributed by atoms with Crippen molar-refractivity contribution >= 4 is 29.3 Å². The maximum absolute atomic E-state index is 11.9. The monoisotopic (exact) mass is 338 g/mol. The Morgan fingerprint density at radius 1 is 1.48 bits per heavy atom. The van der Waals surface area contributed by atoms with Gasteiger partial charge in [0.15, 0.2) is 6.61 Å². The number of benzene rings is 1. The molecular weight excluding hydrogens is 316 g/mol. The predicted octanol–water partition coefficient (Wildman–Crippen LogP) is 1.18. The lowest BCUT2D eigenvalue weighted by Gasteiger charge is -2.18. The van der Waals surface area contributed by atoms with E-state index in [1.54, 1.807) is 23.9 Å². The summed E-state index contributed by atoms with van der Waals surface area (Å²) >= 11 is 1.67. The van der Waals surface area contributed by atoms with Gasteiger partial charge < -0.3 is 20.5 Å². The van der Waals surface area contributed by atoms with E-state index in [0.717, 1.165) is 23.4 Å². The number of aryl methyl sites for hydroxylation is 1. The third-order valence-corrected chi connectivity index (χ3v) is 4.25. The standard InChI is InChI=1S/C16H22N2O4S/c1-23-7-6-12(9-19)17-16(21)10-22-13-4-2-11-3-5-15(20)18-14(11)8-13/h2,4,8,12,19H,3,5-7,9-10H2,1H3,(H,17,21)(H,18,20)/t12-/m1/s1. The topological polar surface area (TPSA) is 87.7 Å². The van der Waals surface area contributed by atoms with Crippen LogP contribution in [0.5, 0.6) is 5.75 Å². The third kappa shape index (κ3) is 5.44. The maximum atomic E-state index is 11.9. The fourth-order valence-electron chi connectivity index (χ4n) is 2.33. The van der Waals surface area contributed by atoms with Crippen LogP contribution in [0, 0.1) is 0 Å². The van der Waals surface area contributed by atoms with Crippen LogP contribution in [-0.4, -0.2) is 48.2 Å². The van der Waals surface area contributed by atoms with Crippen LogP contribution in [0.4, 0.5) is 5.69 Å². The minimum Gasteiger partial charge on any atom is -0.484 e. The molecule has 23 heavy (non-hydrogen) atoms. The molecule has 7 heteroatoms. The second-order valence-electron chi connectivity index (χ2n) is 5.38. The van der Waals surface area contributed by atoms with E-state index in [-0.39, 0.29) is 31.1 Å². The first-order valence-electron chi connectivity index (χ1n) is 7.57. The van der Waals surface area contributed by atoms with E-state index in [4.69, 9.17) is 4.74 Å². The number of carbonyl (C=O) groups is 2. The lowest BCUT2D eigenvalue weighted by Crippen LogP contribution is -2.40.